The van der Waals surface area contributed by atoms with E-state index >= 15 is 0 Å². The molecule has 3 amide bonds. The molecule has 4 heterocycles. The van der Waals surface area contributed by atoms with Gasteiger partial charge >= 0.3 is 0 Å². The van der Waals surface area contributed by atoms with Gasteiger partial charge in [0.05, 0.1) is 37.2 Å². The number of ether oxygens (including phenoxy) is 2. The third kappa shape index (κ3) is 3.72. The minimum atomic E-state index is -1.41. The highest BCUT2D eigenvalue weighted by Crippen LogP contribution is 2.58. The molecule has 1 N–H and O–H groups in total. The number of amides is 3. The zero-order valence-corrected chi connectivity index (χ0v) is 22.8. The summed E-state index contributed by atoms with van der Waals surface area (Å²) in [5.74, 6) is -2.06. The van der Waals surface area contributed by atoms with E-state index in [9.17, 15) is 19.5 Å². The summed E-state index contributed by atoms with van der Waals surface area (Å²) < 4.78 is 12.1. The first kappa shape index (κ1) is 26.3. The summed E-state index contributed by atoms with van der Waals surface area (Å²) in [5.41, 5.74) is -1.17. The van der Waals surface area contributed by atoms with Crippen molar-refractivity contribution in [1.82, 2.24) is 9.80 Å². The minimum Gasteiger partial charge on any atom is -0.497 e. The topological polar surface area (TPSA) is 99.6 Å². The molecule has 1 unspecified atom stereocenters. The Bertz CT molecular complexity index is 1390. The monoisotopic (exact) mass is 543 g/mol. The first-order chi connectivity index (χ1) is 19.3. The average Bonchev–Trinajstić information content (AvgIpc) is 3.24. The first-order valence-corrected chi connectivity index (χ1v) is 13.5. The molecule has 0 bridgehead atoms. The molecule has 6 atom stereocenters. The van der Waals surface area contributed by atoms with Gasteiger partial charge in [-0.3, -0.25) is 14.4 Å². The molecule has 9 nitrogen and oxygen atoms in total. The van der Waals surface area contributed by atoms with Gasteiger partial charge in [-0.2, -0.15) is 0 Å². The fourth-order valence-electron chi connectivity index (χ4n) is 6.94. The number of methoxy groups -OCH3 is 1. The number of fused-ring (bicyclic) bond motifs is 2. The molecule has 0 saturated carbocycles. The zero-order chi connectivity index (χ0) is 28.2. The lowest BCUT2D eigenvalue weighted by Crippen LogP contribution is -2.57. The van der Waals surface area contributed by atoms with Crippen molar-refractivity contribution >= 4 is 23.4 Å². The Morgan fingerprint density at radius 3 is 2.33 bits per heavy atom. The number of anilines is 1. The predicted octanol–water partition coefficient (Wildman–Crippen LogP) is 2.33. The Balaban J connectivity index is 1.53. The highest BCUT2D eigenvalue weighted by molar-refractivity contribution is 6.06. The minimum absolute atomic E-state index is 0.208. The number of rotatable bonds is 5. The number of aliphatic hydroxyl groups excluding tert-OH is 1. The van der Waals surface area contributed by atoms with E-state index in [4.69, 9.17) is 9.47 Å². The van der Waals surface area contributed by atoms with Gasteiger partial charge in [0, 0.05) is 25.8 Å². The lowest BCUT2D eigenvalue weighted by Gasteiger charge is -2.40. The molecule has 2 aromatic carbocycles. The molecule has 0 radical (unpaired) electrons. The van der Waals surface area contributed by atoms with Crippen LogP contribution in [-0.2, 0) is 19.1 Å². The molecule has 2 saturated heterocycles. The van der Waals surface area contributed by atoms with Gasteiger partial charge in [-0.05, 0) is 36.8 Å². The summed E-state index contributed by atoms with van der Waals surface area (Å²) in [6, 6.07) is 14.4. The van der Waals surface area contributed by atoms with Gasteiger partial charge in [0.2, 0.25) is 11.8 Å². The highest BCUT2D eigenvalue weighted by atomic mass is 16.5. The van der Waals surface area contributed by atoms with Crippen molar-refractivity contribution in [2.24, 2.45) is 11.8 Å². The van der Waals surface area contributed by atoms with Gasteiger partial charge < -0.3 is 29.3 Å². The Morgan fingerprint density at radius 2 is 1.65 bits per heavy atom. The van der Waals surface area contributed by atoms with Crippen LogP contribution in [0, 0.1) is 11.8 Å². The number of hydrogen-bond donors (Lipinski definition) is 1. The van der Waals surface area contributed by atoms with Crippen LogP contribution in [-0.4, -0.2) is 83.7 Å². The summed E-state index contributed by atoms with van der Waals surface area (Å²) >= 11 is 0. The standard InChI is InChI=1S/C31H33N3O6/c1-30-15-7-17-32(2)27(36)24(30)25-28(37)34(23(19-35)20-9-5-4-6-10-20)26-29(38)33(18-8-16-31(25,26)40-30)21-11-13-22(39-3)14-12-21/h4-16,23-26,35H,17-19H2,1-3H3/t23-,24-,25+,26?,30+,31+/m1/s1. The SMILES string of the molecule is COc1ccc(N2CC=C[C@]34O[C@@]5(C)C=CCN(C)C(=O)[C@H]5[C@H]3C(=O)N([C@H](CO)c3ccccc3)C4C2=O)cc1. The maximum Gasteiger partial charge on any atom is 0.253 e. The number of nitrogens with zero attached hydrogens (tertiary/aromatic N) is 3. The van der Waals surface area contributed by atoms with Crippen LogP contribution in [0.15, 0.2) is 78.9 Å². The molecular weight excluding hydrogens is 510 g/mol. The normalized spacial score (nSPS) is 31.9. The molecule has 1 spiro atoms. The van der Waals surface area contributed by atoms with Gasteiger partial charge in [-0.25, -0.2) is 0 Å². The van der Waals surface area contributed by atoms with E-state index in [0.717, 1.165) is 0 Å². The van der Waals surface area contributed by atoms with Crippen LogP contribution in [0.1, 0.15) is 18.5 Å². The summed E-state index contributed by atoms with van der Waals surface area (Å²) in [6.45, 7) is 2.07. The lowest BCUT2D eigenvalue weighted by molar-refractivity contribution is -0.151. The smallest absolute Gasteiger partial charge is 0.253 e. The van der Waals surface area contributed by atoms with Gasteiger partial charge in [0.25, 0.3) is 5.91 Å². The van der Waals surface area contributed by atoms with E-state index < -0.39 is 41.7 Å². The van der Waals surface area contributed by atoms with Crippen LogP contribution < -0.4 is 9.64 Å². The van der Waals surface area contributed by atoms with E-state index in [0.29, 0.717) is 23.5 Å². The Hall–Kier alpha value is -3.95. The van der Waals surface area contributed by atoms with Crippen LogP contribution >= 0.6 is 0 Å². The second-order valence-electron chi connectivity index (χ2n) is 11.0. The second-order valence-corrected chi connectivity index (χ2v) is 11.0. The number of hydrogen-bond acceptors (Lipinski definition) is 6. The fraction of sp³-hybridized carbons (Fsp3) is 0.387. The van der Waals surface area contributed by atoms with Gasteiger partial charge in [0.1, 0.15) is 17.4 Å². The number of carbonyl (C=O) groups is 3. The number of likely N-dealkylation sites (N-methyl/N-ethyl adjacent to an activating group) is 1. The van der Waals surface area contributed by atoms with Crippen molar-refractivity contribution in [3.05, 3.63) is 84.5 Å². The zero-order valence-electron chi connectivity index (χ0n) is 22.8. The quantitative estimate of drug-likeness (QED) is 0.582. The van der Waals surface area contributed by atoms with Gasteiger partial charge in [-0.1, -0.05) is 54.6 Å². The maximum absolute atomic E-state index is 14.6. The van der Waals surface area contributed by atoms with E-state index in [1.807, 2.05) is 61.6 Å². The third-order valence-electron chi connectivity index (χ3n) is 8.77. The van der Waals surface area contributed by atoms with Gasteiger partial charge in [-0.15, -0.1) is 0 Å². The van der Waals surface area contributed by atoms with Crippen molar-refractivity contribution in [3.63, 3.8) is 0 Å². The summed E-state index contributed by atoms with van der Waals surface area (Å²) in [7, 11) is 3.28. The number of aliphatic hydroxyl groups is 1. The van der Waals surface area contributed by atoms with E-state index in [1.165, 1.54) is 4.90 Å². The predicted molar refractivity (Wildman–Crippen MR) is 147 cm³/mol. The van der Waals surface area contributed by atoms with E-state index in [2.05, 4.69) is 0 Å². The fourth-order valence-corrected chi connectivity index (χ4v) is 6.94. The van der Waals surface area contributed by atoms with Crippen molar-refractivity contribution in [2.75, 3.05) is 38.8 Å². The largest absolute Gasteiger partial charge is 0.497 e. The average molecular weight is 544 g/mol. The summed E-state index contributed by atoms with van der Waals surface area (Å²) in [4.78, 5) is 47.7. The number of carbonyl (C=O) groups excluding carboxylic acids is 3. The van der Waals surface area contributed by atoms with Crippen molar-refractivity contribution < 1.29 is 29.0 Å². The van der Waals surface area contributed by atoms with Crippen molar-refractivity contribution in [1.29, 1.82) is 0 Å². The molecule has 2 fully saturated rings. The van der Waals surface area contributed by atoms with Crippen molar-refractivity contribution in [2.45, 2.75) is 30.2 Å². The second kappa shape index (κ2) is 9.60. The van der Waals surface area contributed by atoms with Crippen LogP contribution in [0.3, 0.4) is 0 Å². The Labute approximate surface area is 233 Å². The van der Waals surface area contributed by atoms with E-state index in [-0.39, 0.29) is 24.3 Å². The molecule has 0 aromatic heterocycles. The van der Waals surface area contributed by atoms with Crippen LogP contribution in [0.2, 0.25) is 0 Å². The molecule has 208 valence electrons. The molecule has 4 aliphatic heterocycles. The molecule has 6 rings (SSSR count). The molecular formula is C31H33N3O6. The number of likely N-dealkylation sites (tertiary alicyclic amines) is 1. The molecule has 2 aromatic rings. The van der Waals surface area contributed by atoms with Crippen LogP contribution in [0.4, 0.5) is 5.69 Å². The maximum atomic E-state index is 14.6. The number of benzene rings is 2. The molecule has 4 aliphatic rings. The molecule has 40 heavy (non-hydrogen) atoms. The molecule has 0 aliphatic carbocycles. The summed E-state index contributed by atoms with van der Waals surface area (Å²) in [6.07, 6.45) is 7.38. The van der Waals surface area contributed by atoms with Crippen LogP contribution in [0.5, 0.6) is 5.75 Å². The Kier molecular flexibility index (Phi) is 6.31. The summed E-state index contributed by atoms with van der Waals surface area (Å²) in [5, 5.41) is 10.7. The van der Waals surface area contributed by atoms with Crippen LogP contribution in [0.25, 0.3) is 0 Å². The third-order valence-corrected chi connectivity index (χ3v) is 8.77. The van der Waals surface area contributed by atoms with Crippen molar-refractivity contribution in [3.8, 4) is 5.75 Å². The Morgan fingerprint density at radius 1 is 0.950 bits per heavy atom. The highest BCUT2D eigenvalue weighted by Gasteiger charge is 2.75. The lowest BCUT2D eigenvalue weighted by atomic mass is 9.74. The van der Waals surface area contributed by atoms with E-state index in [1.54, 1.807) is 48.2 Å². The molecule has 9 heteroatoms. The van der Waals surface area contributed by atoms with Gasteiger partial charge in [0.15, 0.2) is 0 Å². The first-order valence-electron chi connectivity index (χ1n) is 13.5.